The number of ether oxygens (including phenoxy) is 1. The van der Waals surface area contributed by atoms with Crippen molar-refractivity contribution in [2.24, 2.45) is 0 Å². The van der Waals surface area contributed by atoms with Crippen molar-refractivity contribution in [3.05, 3.63) is 22.8 Å². The quantitative estimate of drug-likeness (QED) is 0.830. The first kappa shape index (κ1) is 16.2. The Kier molecular flexibility index (Phi) is 3.57. The molecule has 1 heterocycles. The van der Waals surface area contributed by atoms with E-state index < -0.39 is 5.60 Å². The summed E-state index contributed by atoms with van der Waals surface area (Å²) in [6.45, 7) is 14.4. The molecular weight excluding hydrogens is 264 g/mol. The number of aromatic hydroxyl groups is 1. The maximum Gasteiger partial charge on any atom is 0.133 e. The van der Waals surface area contributed by atoms with Crippen molar-refractivity contribution in [2.75, 3.05) is 6.61 Å². The summed E-state index contributed by atoms with van der Waals surface area (Å²) in [5.74, 6) is 1.18. The summed E-state index contributed by atoms with van der Waals surface area (Å²) < 4.78 is 6.01. The van der Waals surface area contributed by atoms with E-state index in [1.165, 1.54) is 0 Å². The number of aliphatic hydroxyl groups is 1. The fourth-order valence-electron chi connectivity index (χ4n) is 3.10. The first-order valence-corrected chi connectivity index (χ1v) is 7.59. The first-order valence-electron chi connectivity index (χ1n) is 7.59. The summed E-state index contributed by atoms with van der Waals surface area (Å²) in [7, 11) is 0. The number of fused-ring (bicyclic) bond motifs is 1. The van der Waals surface area contributed by atoms with Crippen LogP contribution in [0.1, 0.15) is 65.2 Å². The molecule has 0 fully saturated rings. The van der Waals surface area contributed by atoms with E-state index in [0.29, 0.717) is 12.2 Å². The number of hydrogen-bond acceptors (Lipinski definition) is 3. The molecule has 21 heavy (non-hydrogen) atoms. The Morgan fingerprint density at radius 2 is 1.71 bits per heavy atom. The zero-order chi connectivity index (χ0) is 16.2. The predicted molar refractivity (Wildman–Crippen MR) is 85.3 cm³/mol. The molecule has 2 rings (SSSR count). The van der Waals surface area contributed by atoms with E-state index >= 15 is 0 Å². The highest BCUT2D eigenvalue weighted by Gasteiger charge is 2.40. The number of benzene rings is 1. The molecule has 0 bridgehead atoms. The van der Waals surface area contributed by atoms with Gasteiger partial charge in [-0.15, -0.1) is 0 Å². The number of rotatable bonds is 1. The third-order valence-corrected chi connectivity index (χ3v) is 4.17. The normalized spacial score (nSPS) is 22.1. The molecule has 1 aromatic rings. The lowest BCUT2D eigenvalue weighted by Gasteiger charge is -2.29. The van der Waals surface area contributed by atoms with Crippen LogP contribution in [0.5, 0.6) is 11.5 Å². The molecule has 0 spiro atoms. The van der Waals surface area contributed by atoms with Crippen LogP contribution in [0.3, 0.4) is 0 Å². The molecular formula is C18H28O3. The van der Waals surface area contributed by atoms with Crippen LogP contribution in [0.15, 0.2) is 6.07 Å². The van der Waals surface area contributed by atoms with E-state index in [4.69, 9.17) is 4.74 Å². The second-order valence-corrected chi connectivity index (χ2v) is 8.51. The smallest absolute Gasteiger partial charge is 0.133 e. The average Bonchev–Trinajstić information content (AvgIpc) is 2.62. The van der Waals surface area contributed by atoms with Crippen LogP contribution in [0, 0.1) is 0 Å². The molecule has 3 nitrogen and oxygen atoms in total. The molecule has 2 N–H and O–H groups in total. The Balaban J connectivity index is 2.74. The van der Waals surface area contributed by atoms with E-state index in [9.17, 15) is 10.2 Å². The van der Waals surface area contributed by atoms with Crippen molar-refractivity contribution in [3.63, 3.8) is 0 Å². The zero-order valence-corrected chi connectivity index (χ0v) is 14.3. The molecule has 118 valence electrons. The maximum atomic E-state index is 10.8. The van der Waals surface area contributed by atoms with E-state index in [0.717, 1.165) is 22.4 Å². The summed E-state index contributed by atoms with van der Waals surface area (Å²) in [5, 5.41) is 20.5. The minimum Gasteiger partial charge on any atom is -0.507 e. The highest BCUT2D eigenvalue weighted by molar-refractivity contribution is 5.59. The standard InChI is InChI=1S/C18H28O3/c1-16(2,3)12-8-13-11(9-18(7,10-19)21-13)14(15(12)20)17(4,5)6/h8,19-20H,9-10H2,1-7H3. The minimum absolute atomic E-state index is 0.0309. The lowest BCUT2D eigenvalue weighted by Crippen LogP contribution is -2.34. The number of aliphatic hydroxyl groups excluding tert-OH is 1. The SMILES string of the molecule is CC1(CO)Cc2c(cc(C(C)(C)C)c(O)c2C(C)(C)C)O1. The van der Waals surface area contributed by atoms with E-state index in [1.807, 2.05) is 13.0 Å². The van der Waals surface area contributed by atoms with Crippen LogP contribution in [-0.4, -0.2) is 22.4 Å². The van der Waals surface area contributed by atoms with Gasteiger partial charge in [0.15, 0.2) is 0 Å². The van der Waals surface area contributed by atoms with Crippen LogP contribution in [-0.2, 0) is 17.3 Å². The monoisotopic (exact) mass is 292 g/mol. The lowest BCUT2D eigenvalue weighted by atomic mass is 9.76. The summed E-state index contributed by atoms with van der Waals surface area (Å²) >= 11 is 0. The van der Waals surface area contributed by atoms with Gasteiger partial charge in [0.1, 0.15) is 17.1 Å². The van der Waals surface area contributed by atoms with Gasteiger partial charge in [0.25, 0.3) is 0 Å². The number of phenolic OH excluding ortho intramolecular Hbond substituents is 1. The molecule has 1 atom stereocenters. The Morgan fingerprint density at radius 1 is 1.14 bits per heavy atom. The maximum absolute atomic E-state index is 10.8. The Labute approximate surface area is 128 Å². The molecule has 0 aliphatic carbocycles. The van der Waals surface area contributed by atoms with Gasteiger partial charge in [-0.05, 0) is 23.8 Å². The van der Waals surface area contributed by atoms with Gasteiger partial charge in [-0.1, -0.05) is 41.5 Å². The van der Waals surface area contributed by atoms with E-state index in [-0.39, 0.29) is 17.4 Å². The highest BCUT2D eigenvalue weighted by atomic mass is 16.5. The largest absolute Gasteiger partial charge is 0.507 e. The summed E-state index contributed by atoms with van der Waals surface area (Å²) in [5.41, 5.74) is 1.94. The predicted octanol–water partition coefficient (Wildman–Crippen LogP) is 3.67. The van der Waals surface area contributed by atoms with Crippen LogP contribution >= 0.6 is 0 Å². The van der Waals surface area contributed by atoms with Gasteiger partial charge in [0.2, 0.25) is 0 Å². The molecule has 0 radical (unpaired) electrons. The van der Waals surface area contributed by atoms with Gasteiger partial charge in [0.05, 0.1) is 6.61 Å². The van der Waals surface area contributed by atoms with Crippen molar-refractivity contribution in [3.8, 4) is 11.5 Å². The molecule has 1 aliphatic rings. The topological polar surface area (TPSA) is 49.7 Å². The van der Waals surface area contributed by atoms with Crippen molar-refractivity contribution < 1.29 is 14.9 Å². The Hall–Kier alpha value is -1.22. The van der Waals surface area contributed by atoms with Gasteiger partial charge < -0.3 is 14.9 Å². The van der Waals surface area contributed by atoms with Crippen LogP contribution in [0.2, 0.25) is 0 Å². The fourth-order valence-corrected chi connectivity index (χ4v) is 3.10. The van der Waals surface area contributed by atoms with Crippen LogP contribution in [0.25, 0.3) is 0 Å². The molecule has 0 aromatic heterocycles. The van der Waals surface area contributed by atoms with E-state index in [1.54, 1.807) is 0 Å². The lowest BCUT2D eigenvalue weighted by molar-refractivity contribution is 0.0445. The highest BCUT2D eigenvalue weighted by Crippen LogP contribution is 2.49. The molecule has 3 heteroatoms. The van der Waals surface area contributed by atoms with Crippen LogP contribution in [0.4, 0.5) is 0 Å². The Bertz CT molecular complexity index is 561. The summed E-state index contributed by atoms with van der Waals surface area (Å²) in [6, 6.07) is 1.95. The molecule has 1 aliphatic heterocycles. The van der Waals surface area contributed by atoms with Gasteiger partial charge in [-0.3, -0.25) is 0 Å². The molecule has 0 saturated heterocycles. The minimum atomic E-state index is -0.592. The van der Waals surface area contributed by atoms with Gasteiger partial charge in [0, 0.05) is 23.1 Å². The van der Waals surface area contributed by atoms with Crippen LogP contribution < -0.4 is 4.74 Å². The second kappa shape index (κ2) is 4.64. The molecule has 1 aromatic carbocycles. The van der Waals surface area contributed by atoms with Crippen molar-refractivity contribution in [2.45, 2.75) is 71.3 Å². The molecule has 0 amide bonds. The van der Waals surface area contributed by atoms with Gasteiger partial charge in [-0.25, -0.2) is 0 Å². The van der Waals surface area contributed by atoms with Crippen molar-refractivity contribution >= 4 is 0 Å². The summed E-state index contributed by atoms with van der Waals surface area (Å²) in [6.07, 6.45) is 0.628. The zero-order valence-electron chi connectivity index (χ0n) is 14.3. The number of hydrogen-bond donors (Lipinski definition) is 2. The fraction of sp³-hybridized carbons (Fsp3) is 0.667. The second-order valence-electron chi connectivity index (χ2n) is 8.51. The molecule has 1 unspecified atom stereocenters. The van der Waals surface area contributed by atoms with E-state index in [2.05, 4.69) is 41.5 Å². The molecule has 0 saturated carbocycles. The van der Waals surface area contributed by atoms with Gasteiger partial charge in [-0.2, -0.15) is 0 Å². The summed E-state index contributed by atoms with van der Waals surface area (Å²) in [4.78, 5) is 0. The first-order chi connectivity index (χ1) is 9.39. The average molecular weight is 292 g/mol. The van der Waals surface area contributed by atoms with Gasteiger partial charge >= 0.3 is 0 Å². The van der Waals surface area contributed by atoms with Crippen molar-refractivity contribution in [1.29, 1.82) is 0 Å². The third kappa shape index (κ3) is 2.76. The number of phenols is 1. The third-order valence-electron chi connectivity index (χ3n) is 4.17. The Morgan fingerprint density at radius 3 is 2.14 bits per heavy atom. The van der Waals surface area contributed by atoms with Crippen molar-refractivity contribution in [1.82, 2.24) is 0 Å².